The van der Waals surface area contributed by atoms with Crippen molar-refractivity contribution in [2.75, 3.05) is 25.0 Å². The Kier molecular flexibility index (Phi) is 8.04. The van der Waals surface area contributed by atoms with E-state index in [4.69, 9.17) is 5.41 Å². The minimum atomic E-state index is 0.342. The molecule has 0 radical (unpaired) electrons. The zero-order valence-electron chi connectivity index (χ0n) is 19.8. The Balaban J connectivity index is 1.50. The van der Waals surface area contributed by atoms with Crippen LogP contribution in [0.4, 0.5) is 5.82 Å². The van der Waals surface area contributed by atoms with Crippen molar-refractivity contribution in [3.8, 4) is 11.1 Å². The molecule has 0 unspecified atom stereocenters. The molecule has 0 aliphatic carbocycles. The number of nitrogens with one attached hydrogen (secondary N) is 2. The maximum atomic E-state index is 10.9. The van der Waals surface area contributed by atoms with E-state index in [-0.39, 0.29) is 0 Å². The van der Waals surface area contributed by atoms with E-state index in [1.165, 1.54) is 49.0 Å². The van der Waals surface area contributed by atoms with Crippen molar-refractivity contribution in [3.05, 3.63) is 83.6 Å². The minimum Gasteiger partial charge on any atom is -0.352 e. The van der Waals surface area contributed by atoms with Crippen LogP contribution in [0.25, 0.3) is 11.1 Å². The van der Waals surface area contributed by atoms with Gasteiger partial charge in [-0.1, -0.05) is 42.8 Å². The van der Waals surface area contributed by atoms with Gasteiger partial charge < -0.3 is 10.2 Å². The van der Waals surface area contributed by atoms with E-state index >= 15 is 0 Å². The van der Waals surface area contributed by atoms with Gasteiger partial charge in [0.05, 0.1) is 5.56 Å². The second-order valence-electron chi connectivity index (χ2n) is 8.76. The van der Waals surface area contributed by atoms with Crippen molar-refractivity contribution in [2.45, 2.75) is 39.3 Å². The van der Waals surface area contributed by atoms with Gasteiger partial charge in [0.25, 0.3) is 0 Å². The highest BCUT2D eigenvalue weighted by Gasteiger charge is 2.16. The highest BCUT2D eigenvalue weighted by molar-refractivity contribution is 6.01. The third kappa shape index (κ3) is 5.88. The van der Waals surface area contributed by atoms with Crippen molar-refractivity contribution < 1.29 is 4.79 Å². The minimum absolute atomic E-state index is 0.342. The third-order valence-corrected chi connectivity index (χ3v) is 6.37. The van der Waals surface area contributed by atoms with Crippen molar-refractivity contribution in [1.82, 2.24) is 14.8 Å². The molecule has 6 heteroatoms. The summed E-state index contributed by atoms with van der Waals surface area (Å²) < 4.78 is 0. The maximum Gasteiger partial charge on any atom is 0.212 e. The number of carbonyl (C=O) groups is 1. The number of rotatable bonds is 9. The van der Waals surface area contributed by atoms with Gasteiger partial charge >= 0.3 is 0 Å². The summed E-state index contributed by atoms with van der Waals surface area (Å²) in [6.07, 6.45) is 6.16. The van der Waals surface area contributed by atoms with Gasteiger partial charge in [-0.25, -0.2) is 4.98 Å². The van der Waals surface area contributed by atoms with Gasteiger partial charge in [0.2, 0.25) is 6.41 Å². The first kappa shape index (κ1) is 23.6. The molecule has 2 heterocycles. The van der Waals surface area contributed by atoms with Gasteiger partial charge in [0, 0.05) is 25.8 Å². The van der Waals surface area contributed by atoms with Gasteiger partial charge in [-0.15, -0.1) is 0 Å². The van der Waals surface area contributed by atoms with E-state index < -0.39 is 0 Å². The monoisotopic (exact) mass is 455 g/mol. The summed E-state index contributed by atoms with van der Waals surface area (Å²) in [5.74, 6) is 0.745. The number of nitrogens with zero attached hydrogens (tertiary/aromatic N) is 3. The predicted octanol–water partition coefficient (Wildman–Crippen LogP) is 5.15. The van der Waals surface area contributed by atoms with Crippen LogP contribution in [-0.2, 0) is 17.9 Å². The molecule has 2 aromatic carbocycles. The van der Waals surface area contributed by atoms with E-state index in [9.17, 15) is 4.79 Å². The fourth-order valence-electron chi connectivity index (χ4n) is 4.58. The first-order chi connectivity index (χ1) is 16.7. The number of carbonyl (C=O) groups excluding carboxylic acids is 1. The summed E-state index contributed by atoms with van der Waals surface area (Å²) in [4.78, 5) is 19.7. The second-order valence-corrected chi connectivity index (χ2v) is 8.76. The molecule has 2 N–H and O–H groups in total. The lowest BCUT2D eigenvalue weighted by Crippen LogP contribution is -2.31. The highest BCUT2D eigenvalue weighted by Crippen LogP contribution is 2.24. The molecular weight excluding hydrogens is 422 g/mol. The van der Waals surface area contributed by atoms with Crippen LogP contribution >= 0.6 is 0 Å². The molecule has 1 amide bonds. The van der Waals surface area contributed by atoms with Crippen LogP contribution in [0.15, 0.2) is 66.9 Å². The fraction of sp³-hybridized carbons (Fsp3) is 0.321. The van der Waals surface area contributed by atoms with Crippen LogP contribution in [-0.4, -0.2) is 46.7 Å². The summed E-state index contributed by atoms with van der Waals surface area (Å²) in [7, 11) is 0. The average Bonchev–Trinajstić information content (AvgIpc) is 2.88. The van der Waals surface area contributed by atoms with Crippen LogP contribution in [0.2, 0.25) is 0 Å². The number of piperidine rings is 1. The lowest BCUT2D eigenvalue weighted by Gasteiger charge is -2.26. The van der Waals surface area contributed by atoms with Crippen LogP contribution in [0.5, 0.6) is 0 Å². The Morgan fingerprint density at radius 1 is 1.03 bits per heavy atom. The number of amidine groups is 1. The molecule has 0 spiro atoms. The van der Waals surface area contributed by atoms with Crippen molar-refractivity contribution in [2.24, 2.45) is 0 Å². The molecule has 1 aromatic heterocycles. The first-order valence-electron chi connectivity index (χ1n) is 12.1. The number of anilines is 1. The molecular formula is C28H33N5O. The molecule has 0 bridgehead atoms. The van der Waals surface area contributed by atoms with Crippen LogP contribution in [0.3, 0.4) is 0 Å². The van der Waals surface area contributed by atoms with Crippen molar-refractivity contribution in [1.29, 1.82) is 5.41 Å². The maximum absolute atomic E-state index is 10.9. The zero-order chi connectivity index (χ0) is 23.8. The number of amides is 1. The van der Waals surface area contributed by atoms with Gasteiger partial charge in [0.1, 0.15) is 11.7 Å². The van der Waals surface area contributed by atoms with E-state index in [1.54, 1.807) is 12.3 Å². The Morgan fingerprint density at radius 2 is 1.74 bits per heavy atom. The van der Waals surface area contributed by atoms with Gasteiger partial charge in [-0.05, 0) is 79.4 Å². The molecule has 6 nitrogen and oxygen atoms in total. The molecule has 3 aromatic rings. The number of likely N-dealkylation sites (tertiary alicyclic amines) is 1. The number of pyridine rings is 1. The normalized spacial score (nSPS) is 13.9. The number of benzene rings is 2. The van der Waals surface area contributed by atoms with E-state index in [0.717, 1.165) is 12.1 Å². The number of hydrogen-bond donors (Lipinski definition) is 2. The van der Waals surface area contributed by atoms with Crippen LogP contribution in [0, 0.1) is 5.41 Å². The Hall–Kier alpha value is -3.51. The topological polar surface area (TPSA) is 72.3 Å². The van der Waals surface area contributed by atoms with Gasteiger partial charge in [-0.2, -0.15) is 0 Å². The van der Waals surface area contributed by atoms with Crippen LogP contribution < -0.4 is 5.32 Å². The van der Waals surface area contributed by atoms with E-state index in [0.29, 0.717) is 36.7 Å². The molecule has 1 saturated heterocycles. The third-order valence-electron chi connectivity index (χ3n) is 6.37. The molecule has 0 atom stereocenters. The molecule has 0 saturated carbocycles. The Bertz CT molecular complexity index is 1120. The zero-order valence-corrected chi connectivity index (χ0v) is 19.8. The van der Waals surface area contributed by atoms with Crippen LogP contribution in [0.1, 0.15) is 42.9 Å². The Morgan fingerprint density at radius 3 is 2.44 bits per heavy atom. The highest BCUT2D eigenvalue weighted by atomic mass is 16.1. The lowest BCUT2D eigenvalue weighted by molar-refractivity contribution is -0.105. The van der Waals surface area contributed by atoms with Gasteiger partial charge in [-0.3, -0.25) is 15.1 Å². The summed E-state index contributed by atoms with van der Waals surface area (Å²) >= 11 is 0. The van der Waals surface area contributed by atoms with E-state index in [1.807, 2.05) is 17.9 Å². The summed E-state index contributed by atoms with van der Waals surface area (Å²) in [6, 6.07) is 21.0. The molecule has 1 aliphatic rings. The van der Waals surface area contributed by atoms with Gasteiger partial charge in [0.15, 0.2) is 0 Å². The lowest BCUT2D eigenvalue weighted by atomic mass is 10.00. The summed E-state index contributed by atoms with van der Waals surface area (Å²) in [6.45, 7) is 6.71. The molecule has 1 fully saturated rings. The van der Waals surface area contributed by atoms with Crippen molar-refractivity contribution in [3.63, 3.8) is 0 Å². The first-order valence-corrected chi connectivity index (χ1v) is 12.1. The quantitative estimate of drug-likeness (QED) is 0.266. The standard InChI is InChI=1S/C28H33N5O/c1-2-33(27(29)26-13-8-14-30-28(26)31-21-34)20-23-10-7-12-25(18-23)24-11-6-9-22(17-24)19-32-15-4-3-5-16-32/h6-14,17-18,21,29H,2-5,15-16,19-20H2,1H3,(H,30,31,34). The summed E-state index contributed by atoms with van der Waals surface area (Å²) in [5, 5.41) is 11.4. The van der Waals surface area contributed by atoms with Crippen molar-refractivity contribution >= 4 is 18.1 Å². The second kappa shape index (κ2) is 11.6. The fourth-order valence-corrected chi connectivity index (χ4v) is 4.58. The summed E-state index contributed by atoms with van der Waals surface area (Å²) in [5.41, 5.74) is 5.51. The average molecular weight is 456 g/mol. The predicted molar refractivity (Wildman–Crippen MR) is 138 cm³/mol. The Labute approximate surface area is 202 Å². The van der Waals surface area contributed by atoms with E-state index in [2.05, 4.69) is 63.7 Å². The number of aromatic nitrogens is 1. The molecule has 1 aliphatic heterocycles. The SMILES string of the molecule is CCN(Cc1cccc(-c2cccc(CN3CCCCC3)c2)c1)C(=N)c1cccnc1NC=O. The largest absolute Gasteiger partial charge is 0.352 e. The number of hydrogen-bond acceptors (Lipinski definition) is 4. The molecule has 176 valence electrons. The molecule has 34 heavy (non-hydrogen) atoms. The molecule has 4 rings (SSSR count). The smallest absolute Gasteiger partial charge is 0.212 e.